The monoisotopic (exact) mass is 349 g/mol. The summed E-state index contributed by atoms with van der Waals surface area (Å²) in [5.41, 5.74) is 5.82. The Labute approximate surface area is 151 Å². The van der Waals surface area contributed by atoms with Gasteiger partial charge in [0.2, 0.25) is 0 Å². The molecule has 0 saturated heterocycles. The summed E-state index contributed by atoms with van der Waals surface area (Å²) in [5.74, 6) is -1.18. The van der Waals surface area contributed by atoms with Gasteiger partial charge in [0.15, 0.2) is 0 Å². The summed E-state index contributed by atoms with van der Waals surface area (Å²) in [7, 11) is 0. The number of benzene rings is 2. The number of carbonyl (C=O) groups is 1. The Hall–Kier alpha value is -2.88. The van der Waals surface area contributed by atoms with Crippen molar-refractivity contribution in [2.75, 3.05) is 0 Å². The lowest BCUT2D eigenvalue weighted by molar-refractivity contribution is 0.0697. The highest BCUT2D eigenvalue weighted by molar-refractivity contribution is 5.87. The Morgan fingerprint density at radius 1 is 0.923 bits per heavy atom. The molecule has 0 amide bonds. The number of aryl methyl sites for hydroxylation is 1. The van der Waals surface area contributed by atoms with Crippen LogP contribution in [0.5, 0.6) is 0 Å². The van der Waals surface area contributed by atoms with Gasteiger partial charge in [-0.15, -0.1) is 0 Å². The number of rotatable bonds is 3. The lowest BCUT2D eigenvalue weighted by atomic mass is 10.1. The van der Waals surface area contributed by atoms with Crippen LogP contribution in [0.25, 0.3) is 16.9 Å². The SMILES string of the molecule is O=C(O)c1ccc(-n2c(-c3ccc(F)cc3)cc3c2CCCCC3)cc1. The van der Waals surface area contributed by atoms with Gasteiger partial charge in [-0.1, -0.05) is 6.42 Å². The van der Waals surface area contributed by atoms with E-state index >= 15 is 0 Å². The minimum Gasteiger partial charge on any atom is -0.478 e. The van der Waals surface area contributed by atoms with Gasteiger partial charge in [-0.25, -0.2) is 9.18 Å². The maximum absolute atomic E-state index is 13.4. The highest BCUT2D eigenvalue weighted by Crippen LogP contribution is 2.33. The van der Waals surface area contributed by atoms with Crippen molar-refractivity contribution < 1.29 is 14.3 Å². The molecule has 3 nitrogen and oxygen atoms in total. The van der Waals surface area contributed by atoms with Crippen molar-refractivity contribution in [1.29, 1.82) is 0 Å². The fourth-order valence-corrected chi connectivity index (χ4v) is 3.76. The Bertz CT molecular complexity index is 940. The van der Waals surface area contributed by atoms with E-state index < -0.39 is 5.97 Å². The Balaban J connectivity index is 1.89. The molecule has 4 heteroatoms. The van der Waals surface area contributed by atoms with Crippen LogP contribution in [-0.2, 0) is 12.8 Å². The van der Waals surface area contributed by atoms with Crippen molar-refractivity contribution in [2.24, 2.45) is 0 Å². The van der Waals surface area contributed by atoms with Crippen LogP contribution in [0.2, 0.25) is 0 Å². The molecule has 1 heterocycles. The number of aromatic nitrogens is 1. The minimum atomic E-state index is -0.929. The number of halogens is 1. The second kappa shape index (κ2) is 6.79. The van der Waals surface area contributed by atoms with Gasteiger partial charge in [0.05, 0.1) is 11.3 Å². The third-order valence-corrected chi connectivity index (χ3v) is 5.06. The maximum Gasteiger partial charge on any atom is 0.335 e. The predicted octanol–water partition coefficient (Wildman–Crippen LogP) is 5.25. The molecule has 0 unspecified atom stereocenters. The molecule has 26 heavy (non-hydrogen) atoms. The highest BCUT2D eigenvalue weighted by atomic mass is 19.1. The Morgan fingerprint density at radius 2 is 1.62 bits per heavy atom. The summed E-state index contributed by atoms with van der Waals surface area (Å²) in [5, 5.41) is 9.15. The number of hydrogen-bond acceptors (Lipinski definition) is 1. The van der Waals surface area contributed by atoms with Crippen LogP contribution in [0.15, 0.2) is 54.6 Å². The van der Waals surface area contributed by atoms with Crippen molar-refractivity contribution in [1.82, 2.24) is 4.57 Å². The highest BCUT2D eigenvalue weighted by Gasteiger charge is 2.19. The van der Waals surface area contributed by atoms with Crippen LogP contribution in [0.1, 0.15) is 40.9 Å². The van der Waals surface area contributed by atoms with Gasteiger partial charge in [-0.3, -0.25) is 0 Å². The van der Waals surface area contributed by atoms with Crippen molar-refractivity contribution in [3.63, 3.8) is 0 Å². The second-order valence-electron chi connectivity index (χ2n) is 6.76. The molecule has 1 aliphatic carbocycles. The number of fused-ring (bicyclic) bond motifs is 1. The molecule has 1 aromatic heterocycles. The van der Waals surface area contributed by atoms with E-state index in [2.05, 4.69) is 10.6 Å². The van der Waals surface area contributed by atoms with E-state index in [4.69, 9.17) is 5.11 Å². The third kappa shape index (κ3) is 3.03. The van der Waals surface area contributed by atoms with E-state index in [-0.39, 0.29) is 11.4 Å². The molecule has 0 radical (unpaired) electrons. The summed E-state index contributed by atoms with van der Waals surface area (Å²) in [6, 6.07) is 15.7. The van der Waals surface area contributed by atoms with E-state index in [1.165, 1.54) is 36.2 Å². The maximum atomic E-state index is 13.4. The van der Waals surface area contributed by atoms with Gasteiger partial charge >= 0.3 is 5.97 Å². The molecule has 4 rings (SSSR count). The van der Waals surface area contributed by atoms with Crippen LogP contribution in [0.4, 0.5) is 4.39 Å². The quantitative estimate of drug-likeness (QED) is 0.656. The summed E-state index contributed by atoms with van der Waals surface area (Å²) >= 11 is 0. The van der Waals surface area contributed by atoms with Gasteiger partial charge in [0.25, 0.3) is 0 Å². The molecule has 132 valence electrons. The third-order valence-electron chi connectivity index (χ3n) is 5.06. The number of carboxylic acid groups (broad SMARTS) is 1. The summed E-state index contributed by atoms with van der Waals surface area (Å²) in [6.07, 6.45) is 5.59. The molecule has 0 atom stereocenters. The topological polar surface area (TPSA) is 42.2 Å². The van der Waals surface area contributed by atoms with Gasteiger partial charge in [-0.05, 0) is 91.4 Å². The molecular weight excluding hydrogens is 329 g/mol. The van der Waals surface area contributed by atoms with Crippen LogP contribution >= 0.6 is 0 Å². The van der Waals surface area contributed by atoms with Gasteiger partial charge in [0, 0.05) is 11.4 Å². The lowest BCUT2D eigenvalue weighted by Gasteiger charge is -2.14. The van der Waals surface area contributed by atoms with E-state index in [1.807, 2.05) is 12.1 Å². The molecule has 1 aliphatic rings. The van der Waals surface area contributed by atoms with Crippen LogP contribution in [0.3, 0.4) is 0 Å². The molecule has 2 aromatic carbocycles. The molecule has 0 bridgehead atoms. The molecule has 0 aliphatic heterocycles. The van der Waals surface area contributed by atoms with E-state index in [1.54, 1.807) is 24.3 Å². The van der Waals surface area contributed by atoms with Crippen LogP contribution < -0.4 is 0 Å². The minimum absolute atomic E-state index is 0.251. The Morgan fingerprint density at radius 3 is 2.31 bits per heavy atom. The first-order valence-electron chi connectivity index (χ1n) is 8.96. The van der Waals surface area contributed by atoms with Gasteiger partial charge in [-0.2, -0.15) is 0 Å². The van der Waals surface area contributed by atoms with Crippen molar-refractivity contribution in [2.45, 2.75) is 32.1 Å². The van der Waals surface area contributed by atoms with Crippen LogP contribution in [-0.4, -0.2) is 15.6 Å². The number of nitrogens with zero attached hydrogens (tertiary/aromatic N) is 1. The molecule has 1 N–H and O–H groups in total. The van der Waals surface area contributed by atoms with Gasteiger partial charge in [0.1, 0.15) is 5.82 Å². The van der Waals surface area contributed by atoms with Gasteiger partial charge < -0.3 is 9.67 Å². The smallest absolute Gasteiger partial charge is 0.335 e. The standard InChI is InChI=1S/C22H20FNO2/c23-18-10-6-15(7-11-18)21-14-17-4-2-1-3-5-20(17)24(21)19-12-8-16(9-13-19)22(25)26/h6-14H,1-5H2,(H,25,26). The normalized spacial score (nSPS) is 13.9. The zero-order valence-electron chi connectivity index (χ0n) is 14.4. The first-order chi connectivity index (χ1) is 12.6. The number of aromatic carboxylic acids is 1. The second-order valence-corrected chi connectivity index (χ2v) is 6.76. The molecule has 0 saturated carbocycles. The van der Waals surface area contributed by atoms with E-state index in [9.17, 15) is 9.18 Å². The molecule has 0 fully saturated rings. The largest absolute Gasteiger partial charge is 0.478 e. The first kappa shape index (κ1) is 16.6. The summed E-state index contributed by atoms with van der Waals surface area (Å²) in [4.78, 5) is 11.2. The van der Waals surface area contributed by atoms with Crippen molar-refractivity contribution in [3.05, 3.63) is 77.2 Å². The molecule has 0 spiro atoms. The average molecular weight is 349 g/mol. The van der Waals surface area contributed by atoms with Crippen molar-refractivity contribution >= 4 is 5.97 Å². The van der Waals surface area contributed by atoms with Crippen molar-refractivity contribution in [3.8, 4) is 16.9 Å². The predicted molar refractivity (Wildman–Crippen MR) is 99.4 cm³/mol. The fraction of sp³-hybridized carbons (Fsp3) is 0.227. The van der Waals surface area contributed by atoms with E-state index in [0.29, 0.717) is 0 Å². The summed E-state index contributed by atoms with van der Waals surface area (Å²) in [6.45, 7) is 0. The fourth-order valence-electron chi connectivity index (χ4n) is 3.76. The van der Waals surface area contributed by atoms with E-state index in [0.717, 1.165) is 36.2 Å². The molecular formula is C22H20FNO2. The number of hydrogen-bond donors (Lipinski definition) is 1. The average Bonchev–Trinajstić information content (AvgIpc) is 2.85. The molecule has 3 aromatic rings. The Kier molecular flexibility index (Phi) is 4.33. The van der Waals surface area contributed by atoms with Crippen LogP contribution in [0, 0.1) is 5.82 Å². The summed E-state index contributed by atoms with van der Waals surface area (Å²) < 4.78 is 15.6. The zero-order chi connectivity index (χ0) is 18.1. The zero-order valence-corrected chi connectivity index (χ0v) is 14.4. The first-order valence-corrected chi connectivity index (χ1v) is 8.96. The lowest BCUT2D eigenvalue weighted by Crippen LogP contribution is -2.04. The number of carboxylic acids is 1.